The summed E-state index contributed by atoms with van der Waals surface area (Å²) >= 11 is 0. The quantitative estimate of drug-likeness (QED) is 0.673. The predicted octanol–water partition coefficient (Wildman–Crippen LogP) is 0.308. The van der Waals surface area contributed by atoms with Crippen LogP contribution in [-0.2, 0) is 9.59 Å². The van der Waals surface area contributed by atoms with Gasteiger partial charge in [0.2, 0.25) is 5.91 Å². The van der Waals surface area contributed by atoms with Crippen LogP contribution in [0.1, 0.15) is 44.9 Å². The fraction of sp³-hybridized carbons (Fsp3) is 0.818. The second-order valence-corrected chi connectivity index (χ2v) is 4.17. The summed E-state index contributed by atoms with van der Waals surface area (Å²) in [5, 5.41) is 10.2. The van der Waals surface area contributed by atoms with Crippen molar-refractivity contribution in [1.29, 1.82) is 0 Å². The molecule has 1 fully saturated rings. The molecule has 1 rings (SSSR count). The molecule has 1 aliphatic carbocycles. The number of carbonyl (C=O) groups excluding carboxylic acids is 2. The van der Waals surface area contributed by atoms with Gasteiger partial charge < -0.3 is 14.8 Å². The number of nitrogens with zero attached hydrogens (tertiary/aromatic N) is 1. The minimum atomic E-state index is -1.15. The van der Waals surface area contributed by atoms with Gasteiger partial charge in [0.1, 0.15) is 0 Å². The Balaban J connectivity index is 2.33. The second kappa shape index (κ2) is 5.73. The van der Waals surface area contributed by atoms with Crippen molar-refractivity contribution in [3.05, 3.63) is 0 Å². The highest BCUT2D eigenvalue weighted by Gasteiger charge is 2.21. The van der Waals surface area contributed by atoms with E-state index in [0.717, 1.165) is 12.8 Å². The van der Waals surface area contributed by atoms with Crippen LogP contribution in [0.2, 0.25) is 0 Å². The first kappa shape index (κ1) is 12.0. The summed E-state index contributed by atoms with van der Waals surface area (Å²) in [6.45, 7) is 0. The Morgan fingerprint density at radius 3 is 2.33 bits per heavy atom. The summed E-state index contributed by atoms with van der Waals surface area (Å²) in [5.41, 5.74) is 0. The van der Waals surface area contributed by atoms with Crippen molar-refractivity contribution in [3.63, 3.8) is 0 Å². The van der Waals surface area contributed by atoms with Crippen molar-refractivity contribution in [2.75, 3.05) is 7.05 Å². The fourth-order valence-corrected chi connectivity index (χ4v) is 2.06. The lowest BCUT2D eigenvalue weighted by atomic mass is 9.94. The van der Waals surface area contributed by atoms with Gasteiger partial charge in [0.25, 0.3) is 0 Å². The van der Waals surface area contributed by atoms with Crippen molar-refractivity contribution in [1.82, 2.24) is 4.90 Å². The Labute approximate surface area is 90.3 Å². The second-order valence-electron chi connectivity index (χ2n) is 4.17. The minimum absolute atomic E-state index is 0.0648. The van der Waals surface area contributed by atoms with Crippen LogP contribution in [0.25, 0.3) is 0 Å². The van der Waals surface area contributed by atoms with Gasteiger partial charge in [0, 0.05) is 25.5 Å². The molecule has 0 bridgehead atoms. The molecule has 0 aromatic rings. The number of hydrogen-bond donors (Lipinski definition) is 0. The van der Waals surface area contributed by atoms with E-state index < -0.39 is 5.97 Å². The zero-order valence-electron chi connectivity index (χ0n) is 9.20. The highest BCUT2D eigenvalue weighted by atomic mass is 16.4. The molecule has 0 aromatic heterocycles. The Bertz CT molecular complexity index is 234. The van der Waals surface area contributed by atoms with Gasteiger partial charge in [-0.25, -0.2) is 0 Å². The molecule has 0 heterocycles. The van der Waals surface area contributed by atoms with Crippen molar-refractivity contribution in [2.24, 2.45) is 0 Å². The van der Waals surface area contributed by atoms with E-state index in [2.05, 4.69) is 0 Å². The smallest absolute Gasteiger partial charge is 0.222 e. The molecule has 1 amide bonds. The van der Waals surface area contributed by atoms with Crippen LogP contribution >= 0.6 is 0 Å². The highest BCUT2D eigenvalue weighted by Crippen LogP contribution is 2.22. The molecular formula is C11H18NO3-. The lowest BCUT2D eigenvalue weighted by Gasteiger charge is -2.31. The molecule has 0 N–H and O–H groups in total. The molecule has 0 atom stereocenters. The lowest BCUT2D eigenvalue weighted by molar-refractivity contribution is -0.305. The maximum Gasteiger partial charge on any atom is 0.222 e. The van der Waals surface area contributed by atoms with Crippen LogP contribution in [0.15, 0.2) is 0 Å². The topological polar surface area (TPSA) is 60.4 Å². The Kier molecular flexibility index (Phi) is 4.59. The van der Waals surface area contributed by atoms with Crippen LogP contribution in [0.3, 0.4) is 0 Å². The van der Waals surface area contributed by atoms with E-state index in [9.17, 15) is 14.7 Å². The van der Waals surface area contributed by atoms with E-state index in [-0.39, 0.29) is 18.7 Å². The van der Waals surface area contributed by atoms with E-state index in [1.54, 1.807) is 11.9 Å². The summed E-state index contributed by atoms with van der Waals surface area (Å²) in [6, 6.07) is 0.313. The minimum Gasteiger partial charge on any atom is -0.550 e. The molecule has 4 nitrogen and oxygen atoms in total. The zero-order valence-corrected chi connectivity index (χ0v) is 9.20. The first-order valence-corrected chi connectivity index (χ1v) is 5.56. The normalized spacial score (nSPS) is 17.4. The SMILES string of the molecule is CN(C(=O)CCC(=O)[O-])C1CCCCC1. The molecule has 0 aromatic carbocycles. The number of amides is 1. The van der Waals surface area contributed by atoms with Crippen molar-refractivity contribution >= 4 is 11.9 Å². The average Bonchev–Trinajstić information content (AvgIpc) is 2.26. The molecule has 15 heavy (non-hydrogen) atoms. The lowest BCUT2D eigenvalue weighted by Crippen LogP contribution is -2.38. The van der Waals surface area contributed by atoms with Gasteiger partial charge in [-0.1, -0.05) is 19.3 Å². The van der Waals surface area contributed by atoms with Crippen molar-refractivity contribution in [2.45, 2.75) is 51.0 Å². The van der Waals surface area contributed by atoms with Crippen LogP contribution < -0.4 is 5.11 Å². The molecule has 0 spiro atoms. The molecule has 0 aliphatic heterocycles. The summed E-state index contributed by atoms with van der Waals surface area (Å²) in [7, 11) is 1.77. The molecule has 0 radical (unpaired) electrons. The Morgan fingerprint density at radius 2 is 1.80 bits per heavy atom. The largest absolute Gasteiger partial charge is 0.550 e. The molecule has 1 saturated carbocycles. The van der Waals surface area contributed by atoms with Crippen molar-refractivity contribution in [3.8, 4) is 0 Å². The number of carboxylic acids is 1. The maximum absolute atomic E-state index is 11.6. The van der Waals surface area contributed by atoms with Crippen LogP contribution in [0.5, 0.6) is 0 Å². The first-order chi connectivity index (χ1) is 7.11. The number of hydrogen-bond acceptors (Lipinski definition) is 3. The fourth-order valence-electron chi connectivity index (χ4n) is 2.06. The summed E-state index contributed by atoms with van der Waals surface area (Å²) in [5.74, 6) is -1.23. The third-order valence-corrected chi connectivity index (χ3v) is 3.06. The third-order valence-electron chi connectivity index (χ3n) is 3.06. The van der Waals surface area contributed by atoms with Gasteiger partial charge in [-0.3, -0.25) is 4.79 Å². The molecular weight excluding hydrogens is 194 g/mol. The Morgan fingerprint density at radius 1 is 1.20 bits per heavy atom. The number of rotatable bonds is 4. The Hall–Kier alpha value is -1.06. The molecule has 0 unspecified atom stereocenters. The summed E-state index contributed by atoms with van der Waals surface area (Å²) < 4.78 is 0. The standard InChI is InChI=1S/C11H19NO3/c1-12(9-5-3-2-4-6-9)10(13)7-8-11(14)15/h9H,2-8H2,1H3,(H,14,15)/p-1. The summed E-state index contributed by atoms with van der Waals surface area (Å²) in [6.07, 6.45) is 5.58. The zero-order chi connectivity index (χ0) is 11.3. The van der Waals surface area contributed by atoms with Gasteiger partial charge in [0.05, 0.1) is 0 Å². The summed E-state index contributed by atoms with van der Waals surface area (Å²) in [4.78, 5) is 23.5. The maximum atomic E-state index is 11.6. The van der Waals surface area contributed by atoms with Gasteiger partial charge in [-0.2, -0.15) is 0 Å². The van der Waals surface area contributed by atoms with Crippen LogP contribution in [0, 0.1) is 0 Å². The van der Waals surface area contributed by atoms with E-state index in [1.165, 1.54) is 19.3 Å². The van der Waals surface area contributed by atoms with Gasteiger partial charge in [-0.15, -0.1) is 0 Å². The van der Waals surface area contributed by atoms with E-state index in [4.69, 9.17) is 0 Å². The van der Waals surface area contributed by atoms with E-state index in [0.29, 0.717) is 6.04 Å². The van der Waals surface area contributed by atoms with Gasteiger partial charge in [-0.05, 0) is 19.3 Å². The number of carboxylic acid groups (broad SMARTS) is 1. The van der Waals surface area contributed by atoms with E-state index in [1.807, 2.05) is 0 Å². The predicted molar refractivity (Wildman–Crippen MR) is 53.9 cm³/mol. The number of carbonyl (C=O) groups is 2. The molecule has 4 heteroatoms. The molecule has 86 valence electrons. The van der Waals surface area contributed by atoms with Gasteiger partial charge >= 0.3 is 0 Å². The monoisotopic (exact) mass is 212 g/mol. The van der Waals surface area contributed by atoms with Gasteiger partial charge in [0.15, 0.2) is 0 Å². The number of aliphatic carboxylic acids is 1. The van der Waals surface area contributed by atoms with Crippen molar-refractivity contribution < 1.29 is 14.7 Å². The van der Waals surface area contributed by atoms with E-state index >= 15 is 0 Å². The van der Waals surface area contributed by atoms with Crippen LogP contribution in [0.4, 0.5) is 0 Å². The molecule has 1 aliphatic rings. The first-order valence-electron chi connectivity index (χ1n) is 5.56. The third kappa shape index (κ3) is 3.90. The van der Waals surface area contributed by atoms with Crippen LogP contribution in [-0.4, -0.2) is 29.9 Å². The highest BCUT2D eigenvalue weighted by molar-refractivity contribution is 5.80. The molecule has 0 saturated heterocycles. The average molecular weight is 212 g/mol.